The largest absolute Gasteiger partial charge is 0.399 e. The Balaban J connectivity index is 1.97. The predicted octanol–water partition coefficient (Wildman–Crippen LogP) is 3.03. The Morgan fingerprint density at radius 3 is 2.89 bits per heavy atom. The molecule has 0 aliphatic carbocycles. The van der Waals surface area contributed by atoms with Gasteiger partial charge in [-0.2, -0.15) is 0 Å². The summed E-state index contributed by atoms with van der Waals surface area (Å²) >= 11 is 1.45. The molecule has 1 amide bonds. The maximum atomic E-state index is 11.9. The average molecular weight is 275 g/mol. The van der Waals surface area contributed by atoms with Crippen LogP contribution in [0.15, 0.2) is 29.6 Å². The van der Waals surface area contributed by atoms with E-state index in [4.69, 9.17) is 5.73 Å². The number of rotatable bonds is 4. The van der Waals surface area contributed by atoms with E-state index in [0.29, 0.717) is 23.2 Å². The monoisotopic (exact) mass is 275 g/mol. The van der Waals surface area contributed by atoms with Gasteiger partial charge in [0.25, 0.3) is 0 Å². The zero-order chi connectivity index (χ0) is 13.8. The molecule has 0 unspecified atom stereocenters. The molecule has 100 valence electrons. The van der Waals surface area contributed by atoms with Gasteiger partial charge in [-0.25, -0.2) is 4.98 Å². The molecule has 0 saturated heterocycles. The van der Waals surface area contributed by atoms with Crippen LogP contribution in [0.25, 0.3) is 0 Å². The minimum Gasteiger partial charge on any atom is -0.399 e. The van der Waals surface area contributed by atoms with Gasteiger partial charge in [0.2, 0.25) is 5.91 Å². The normalized spacial score (nSPS) is 10.7. The topological polar surface area (TPSA) is 68.0 Å². The highest BCUT2D eigenvalue weighted by Crippen LogP contribution is 2.21. The Bertz CT molecular complexity index is 578. The fraction of sp³-hybridized carbons (Fsp3) is 0.286. The summed E-state index contributed by atoms with van der Waals surface area (Å²) < 4.78 is 0. The molecule has 0 atom stereocenters. The first-order valence-electron chi connectivity index (χ1n) is 6.14. The summed E-state index contributed by atoms with van der Waals surface area (Å²) in [6.45, 7) is 4.15. The lowest BCUT2D eigenvalue weighted by Gasteiger charge is -2.03. The molecule has 0 saturated carbocycles. The van der Waals surface area contributed by atoms with E-state index in [-0.39, 0.29) is 5.91 Å². The first-order valence-corrected chi connectivity index (χ1v) is 7.02. The van der Waals surface area contributed by atoms with E-state index in [1.807, 2.05) is 17.5 Å². The molecule has 0 fully saturated rings. The summed E-state index contributed by atoms with van der Waals surface area (Å²) in [5, 5.41) is 5.44. The molecule has 1 aromatic heterocycles. The zero-order valence-electron chi connectivity index (χ0n) is 11.0. The number of thiazole rings is 1. The molecule has 0 bridgehead atoms. The number of hydrogen-bond donors (Lipinski definition) is 2. The Kier molecular flexibility index (Phi) is 4.16. The second-order valence-electron chi connectivity index (χ2n) is 4.70. The van der Waals surface area contributed by atoms with Gasteiger partial charge in [0, 0.05) is 11.1 Å². The molecule has 0 aliphatic rings. The van der Waals surface area contributed by atoms with Crippen LogP contribution in [-0.4, -0.2) is 10.9 Å². The third kappa shape index (κ3) is 3.79. The highest BCUT2D eigenvalue weighted by atomic mass is 32.1. The molecule has 19 heavy (non-hydrogen) atoms. The number of nitrogens with zero attached hydrogens (tertiary/aromatic N) is 1. The van der Waals surface area contributed by atoms with E-state index in [1.54, 1.807) is 12.1 Å². The number of benzene rings is 1. The fourth-order valence-electron chi connectivity index (χ4n) is 1.66. The van der Waals surface area contributed by atoms with Gasteiger partial charge in [0.1, 0.15) is 0 Å². The Morgan fingerprint density at radius 2 is 2.26 bits per heavy atom. The van der Waals surface area contributed by atoms with Crippen LogP contribution >= 0.6 is 11.3 Å². The number of hydrogen-bond acceptors (Lipinski definition) is 4. The summed E-state index contributed by atoms with van der Waals surface area (Å²) in [7, 11) is 0. The molecule has 1 aromatic carbocycles. The van der Waals surface area contributed by atoms with E-state index in [2.05, 4.69) is 24.1 Å². The Morgan fingerprint density at radius 1 is 1.47 bits per heavy atom. The van der Waals surface area contributed by atoms with Crippen molar-refractivity contribution in [3.8, 4) is 0 Å². The van der Waals surface area contributed by atoms with Crippen LogP contribution in [0.1, 0.15) is 31.0 Å². The van der Waals surface area contributed by atoms with Crippen molar-refractivity contribution in [2.45, 2.75) is 26.2 Å². The van der Waals surface area contributed by atoms with Crippen molar-refractivity contribution in [3.63, 3.8) is 0 Å². The molecule has 1 heterocycles. The third-order valence-electron chi connectivity index (χ3n) is 2.68. The van der Waals surface area contributed by atoms with Gasteiger partial charge in [-0.1, -0.05) is 26.0 Å². The molecule has 5 heteroatoms. The quantitative estimate of drug-likeness (QED) is 0.843. The van der Waals surface area contributed by atoms with Gasteiger partial charge in [-0.3, -0.25) is 4.79 Å². The van der Waals surface area contributed by atoms with Crippen molar-refractivity contribution in [3.05, 3.63) is 40.9 Å². The van der Waals surface area contributed by atoms with Gasteiger partial charge in [-0.15, -0.1) is 11.3 Å². The van der Waals surface area contributed by atoms with Crippen molar-refractivity contribution in [2.24, 2.45) is 0 Å². The first-order chi connectivity index (χ1) is 9.04. The van der Waals surface area contributed by atoms with E-state index in [1.165, 1.54) is 11.3 Å². The van der Waals surface area contributed by atoms with Crippen molar-refractivity contribution in [2.75, 3.05) is 11.1 Å². The number of aromatic nitrogens is 1. The summed E-state index contributed by atoms with van der Waals surface area (Å²) in [6, 6.07) is 7.34. The lowest BCUT2D eigenvalue weighted by Crippen LogP contribution is -2.14. The lowest BCUT2D eigenvalue weighted by molar-refractivity contribution is -0.115. The number of anilines is 2. The third-order valence-corrected chi connectivity index (χ3v) is 3.45. The number of nitrogens with one attached hydrogen (secondary N) is 1. The Labute approximate surface area is 116 Å². The molecule has 3 N–H and O–H groups in total. The minimum absolute atomic E-state index is 0.0738. The van der Waals surface area contributed by atoms with Gasteiger partial charge in [0.15, 0.2) is 5.13 Å². The number of amides is 1. The highest BCUT2D eigenvalue weighted by Gasteiger charge is 2.09. The maximum Gasteiger partial charge on any atom is 0.230 e. The molecular formula is C14H17N3OS. The summed E-state index contributed by atoms with van der Waals surface area (Å²) in [6.07, 6.45) is 0.307. The van der Waals surface area contributed by atoms with Crippen LogP contribution in [0.2, 0.25) is 0 Å². The average Bonchev–Trinajstić information content (AvgIpc) is 2.77. The van der Waals surface area contributed by atoms with Crippen LogP contribution < -0.4 is 11.1 Å². The van der Waals surface area contributed by atoms with Crippen molar-refractivity contribution in [1.82, 2.24) is 4.98 Å². The molecule has 0 aliphatic heterocycles. The van der Waals surface area contributed by atoms with E-state index in [0.717, 1.165) is 11.3 Å². The van der Waals surface area contributed by atoms with Crippen LogP contribution in [0, 0.1) is 0 Å². The van der Waals surface area contributed by atoms with Crippen LogP contribution in [-0.2, 0) is 11.2 Å². The SMILES string of the molecule is CC(C)c1csc(NC(=O)Cc2cccc(N)c2)n1. The smallest absolute Gasteiger partial charge is 0.230 e. The van der Waals surface area contributed by atoms with Gasteiger partial charge in [-0.05, 0) is 23.6 Å². The van der Waals surface area contributed by atoms with Crippen LogP contribution in [0.5, 0.6) is 0 Å². The van der Waals surface area contributed by atoms with Crippen molar-refractivity contribution < 1.29 is 4.79 Å². The highest BCUT2D eigenvalue weighted by molar-refractivity contribution is 7.13. The van der Waals surface area contributed by atoms with Crippen molar-refractivity contribution >= 4 is 28.1 Å². The van der Waals surface area contributed by atoms with E-state index in [9.17, 15) is 4.79 Å². The van der Waals surface area contributed by atoms with Gasteiger partial charge >= 0.3 is 0 Å². The van der Waals surface area contributed by atoms with Gasteiger partial charge < -0.3 is 11.1 Å². The molecule has 0 spiro atoms. The molecule has 0 radical (unpaired) electrons. The number of carbonyl (C=O) groups excluding carboxylic acids is 1. The lowest BCUT2D eigenvalue weighted by atomic mass is 10.1. The molecule has 2 aromatic rings. The molecule has 4 nitrogen and oxygen atoms in total. The second-order valence-corrected chi connectivity index (χ2v) is 5.56. The molecular weight excluding hydrogens is 258 g/mol. The van der Waals surface area contributed by atoms with Crippen LogP contribution in [0.4, 0.5) is 10.8 Å². The number of nitrogens with two attached hydrogens (primary N) is 1. The maximum absolute atomic E-state index is 11.9. The van der Waals surface area contributed by atoms with Gasteiger partial charge in [0.05, 0.1) is 12.1 Å². The van der Waals surface area contributed by atoms with Crippen molar-refractivity contribution in [1.29, 1.82) is 0 Å². The predicted molar refractivity (Wildman–Crippen MR) is 79.4 cm³/mol. The first kappa shape index (κ1) is 13.5. The fourth-order valence-corrected chi connectivity index (χ4v) is 2.55. The van der Waals surface area contributed by atoms with E-state index >= 15 is 0 Å². The van der Waals surface area contributed by atoms with Crippen LogP contribution in [0.3, 0.4) is 0 Å². The summed E-state index contributed by atoms with van der Waals surface area (Å²) in [5.74, 6) is 0.297. The van der Waals surface area contributed by atoms with E-state index < -0.39 is 0 Å². The Hall–Kier alpha value is -1.88. The second kappa shape index (κ2) is 5.84. The zero-order valence-corrected chi connectivity index (χ0v) is 11.8. The molecule has 2 rings (SSSR count). The standard InChI is InChI=1S/C14H17N3OS/c1-9(2)12-8-19-14(16-12)17-13(18)7-10-4-3-5-11(15)6-10/h3-6,8-9H,7,15H2,1-2H3,(H,16,17,18). The summed E-state index contributed by atoms with van der Waals surface area (Å²) in [4.78, 5) is 16.3. The number of nitrogen functional groups attached to an aromatic ring is 1. The number of carbonyl (C=O) groups is 1. The summed E-state index contributed by atoms with van der Waals surface area (Å²) in [5.41, 5.74) is 8.25. The minimum atomic E-state index is -0.0738.